The lowest BCUT2D eigenvalue weighted by atomic mass is 10.3. The summed E-state index contributed by atoms with van der Waals surface area (Å²) < 4.78 is 43.6. The fraction of sp³-hybridized carbons (Fsp3) is 0.833. The molecule has 7 heteroatoms. The predicted octanol–water partition coefficient (Wildman–Crippen LogP) is -0.172. The number of hydrogen-bond donors (Lipinski definition) is 0. The fourth-order valence-electron chi connectivity index (χ4n) is 1.11. The van der Waals surface area contributed by atoms with E-state index >= 15 is 0 Å². The van der Waals surface area contributed by atoms with Crippen LogP contribution >= 0.6 is 0 Å². The number of halogens is 3. The molecule has 0 saturated carbocycles. The van der Waals surface area contributed by atoms with Crippen LogP contribution in [0.15, 0.2) is 4.90 Å². The smallest absolute Gasteiger partial charge is 0.373 e. The Bertz CT molecular complexity index is 206. The molecule has 1 aliphatic rings. The van der Waals surface area contributed by atoms with Crippen LogP contribution in [0.3, 0.4) is 0 Å². The number of alkyl halides is 2. The maximum atomic E-state index is 13.1. The van der Waals surface area contributed by atoms with Gasteiger partial charge in [-0.2, -0.15) is 13.2 Å². The molecule has 1 fully saturated rings. The Morgan fingerprint density at radius 3 is 2.38 bits per heavy atom. The SMILES string of the molecule is B/N=C(\F)C(F)(F)N1CCOCC1. The largest absolute Gasteiger partial charge is 0.379 e. The van der Waals surface area contributed by atoms with Crippen molar-refractivity contribution in [2.24, 2.45) is 4.90 Å². The Morgan fingerprint density at radius 1 is 1.38 bits per heavy atom. The van der Waals surface area contributed by atoms with Crippen LogP contribution in [0.25, 0.3) is 0 Å². The van der Waals surface area contributed by atoms with Crippen LogP contribution in [0.5, 0.6) is 0 Å². The summed E-state index contributed by atoms with van der Waals surface area (Å²) in [6.07, 6.45) is 0. The first-order chi connectivity index (χ1) is 6.09. The van der Waals surface area contributed by atoms with Crippen LogP contribution < -0.4 is 0 Å². The van der Waals surface area contributed by atoms with Gasteiger partial charge in [0.05, 0.1) is 13.2 Å². The third-order valence-electron chi connectivity index (χ3n) is 1.85. The quantitative estimate of drug-likeness (QED) is 0.346. The van der Waals surface area contributed by atoms with Gasteiger partial charge in [0.2, 0.25) is 7.98 Å². The Morgan fingerprint density at radius 2 is 1.92 bits per heavy atom. The summed E-state index contributed by atoms with van der Waals surface area (Å²) in [7, 11) is 1.00. The molecule has 0 spiro atoms. The van der Waals surface area contributed by atoms with Gasteiger partial charge in [0.1, 0.15) is 0 Å². The first-order valence-electron chi connectivity index (χ1n) is 3.92. The van der Waals surface area contributed by atoms with Crippen molar-refractivity contribution >= 4 is 13.9 Å². The molecule has 1 heterocycles. The minimum atomic E-state index is -3.58. The minimum Gasteiger partial charge on any atom is -0.379 e. The Labute approximate surface area is 75.0 Å². The van der Waals surface area contributed by atoms with E-state index in [0.29, 0.717) is 0 Å². The van der Waals surface area contributed by atoms with Gasteiger partial charge in [-0.05, 0) is 0 Å². The highest BCUT2D eigenvalue weighted by Crippen LogP contribution is 2.23. The van der Waals surface area contributed by atoms with Gasteiger partial charge < -0.3 is 9.64 Å². The maximum Gasteiger partial charge on any atom is 0.373 e. The molecule has 0 aromatic rings. The lowest BCUT2D eigenvalue weighted by Crippen LogP contribution is -2.51. The van der Waals surface area contributed by atoms with Crippen molar-refractivity contribution in [3.63, 3.8) is 0 Å². The molecule has 13 heavy (non-hydrogen) atoms. The van der Waals surface area contributed by atoms with Crippen molar-refractivity contribution in [2.75, 3.05) is 26.3 Å². The molecule has 0 amide bonds. The molecular formula is C6H10BF3N2O. The van der Waals surface area contributed by atoms with E-state index in [1.807, 2.05) is 0 Å². The van der Waals surface area contributed by atoms with E-state index in [1.165, 1.54) is 0 Å². The highest BCUT2D eigenvalue weighted by Gasteiger charge is 2.43. The molecule has 0 bridgehead atoms. The summed E-state index contributed by atoms with van der Waals surface area (Å²) in [6, 6.07) is -3.58. The summed E-state index contributed by atoms with van der Waals surface area (Å²) in [5.41, 5.74) is 0. The van der Waals surface area contributed by atoms with Crippen LogP contribution in [-0.4, -0.2) is 51.2 Å². The standard InChI is InChI=1S/C6H10BF3N2O/c7-11-5(8)6(9,10)12-1-3-13-4-2-12/h1-4,7H2/b11-5-. The number of rotatable bonds is 2. The molecule has 1 saturated heterocycles. The molecule has 3 nitrogen and oxygen atoms in total. The molecule has 0 radical (unpaired) electrons. The van der Waals surface area contributed by atoms with Crippen molar-refractivity contribution in [3.05, 3.63) is 0 Å². The van der Waals surface area contributed by atoms with E-state index in [-0.39, 0.29) is 26.3 Å². The normalized spacial score (nSPS) is 21.9. The van der Waals surface area contributed by atoms with Gasteiger partial charge >= 0.3 is 6.05 Å². The zero-order valence-electron chi connectivity index (χ0n) is 7.26. The number of hydrogen-bond acceptors (Lipinski definition) is 3. The van der Waals surface area contributed by atoms with Gasteiger partial charge in [0.25, 0.3) is 5.97 Å². The average Bonchev–Trinajstić information content (AvgIpc) is 2.18. The molecule has 1 aliphatic heterocycles. The molecule has 0 aromatic carbocycles. The van der Waals surface area contributed by atoms with Gasteiger partial charge in [-0.25, -0.2) is 4.90 Å². The molecule has 0 aliphatic carbocycles. The lowest BCUT2D eigenvalue weighted by molar-refractivity contribution is -0.127. The monoisotopic (exact) mass is 194 g/mol. The van der Waals surface area contributed by atoms with Crippen molar-refractivity contribution in [1.82, 2.24) is 4.90 Å². The van der Waals surface area contributed by atoms with Crippen molar-refractivity contribution in [2.45, 2.75) is 6.05 Å². The first kappa shape index (κ1) is 10.5. The van der Waals surface area contributed by atoms with Crippen molar-refractivity contribution in [1.29, 1.82) is 0 Å². The molecule has 0 aromatic heterocycles. The highest BCUT2D eigenvalue weighted by molar-refractivity contribution is 6.12. The molecular weight excluding hydrogens is 184 g/mol. The van der Waals surface area contributed by atoms with Crippen LogP contribution in [-0.2, 0) is 4.74 Å². The summed E-state index contributed by atoms with van der Waals surface area (Å²) in [5.74, 6) is -1.64. The fourth-order valence-corrected chi connectivity index (χ4v) is 1.11. The van der Waals surface area contributed by atoms with Crippen LogP contribution in [0.2, 0.25) is 0 Å². The third-order valence-corrected chi connectivity index (χ3v) is 1.85. The zero-order chi connectivity index (χ0) is 9.90. The van der Waals surface area contributed by atoms with E-state index in [2.05, 4.69) is 4.90 Å². The molecule has 0 atom stereocenters. The first-order valence-corrected chi connectivity index (χ1v) is 3.92. The van der Waals surface area contributed by atoms with E-state index < -0.39 is 12.0 Å². The van der Waals surface area contributed by atoms with E-state index in [0.717, 1.165) is 12.9 Å². The summed E-state index contributed by atoms with van der Waals surface area (Å²) >= 11 is 0. The number of morpholine rings is 1. The van der Waals surface area contributed by atoms with Crippen molar-refractivity contribution < 1.29 is 17.9 Å². The molecule has 0 unspecified atom stereocenters. The number of nitrogens with zero attached hydrogens (tertiary/aromatic N) is 2. The van der Waals surface area contributed by atoms with Gasteiger partial charge in [0.15, 0.2) is 0 Å². The third kappa shape index (κ3) is 2.22. The summed E-state index contributed by atoms with van der Waals surface area (Å²) in [5, 5.41) is 0. The topological polar surface area (TPSA) is 24.8 Å². The summed E-state index contributed by atoms with van der Waals surface area (Å²) in [4.78, 5) is 3.57. The second-order valence-electron chi connectivity index (χ2n) is 2.66. The lowest BCUT2D eigenvalue weighted by Gasteiger charge is -2.32. The maximum absolute atomic E-state index is 13.1. The Kier molecular flexibility index (Phi) is 3.32. The second kappa shape index (κ2) is 4.10. The Balaban J connectivity index is 2.66. The molecule has 74 valence electrons. The van der Waals surface area contributed by atoms with Gasteiger partial charge in [0, 0.05) is 13.1 Å². The predicted molar refractivity (Wildman–Crippen MR) is 44.4 cm³/mol. The zero-order valence-corrected chi connectivity index (χ0v) is 7.26. The number of ether oxygens (including phenoxy) is 1. The van der Waals surface area contributed by atoms with Crippen LogP contribution in [0.1, 0.15) is 0 Å². The van der Waals surface area contributed by atoms with Gasteiger partial charge in [-0.15, -0.1) is 0 Å². The summed E-state index contributed by atoms with van der Waals surface area (Å²) in [6.45, 7) is 0.449. The van der Waals surface area contributed by atoms with E-state index in [4.69, 9.17) is 4.74 Å². The highest BCUT2D eigenvalue weighted by atomic mass is 19.3. The minimum absolute atomic E-state index is 0.0238. The molecule has 0 N–H and O–H groups in total. The van der Waals surface area contributed by atoms with Crippen LogP contribution in [0, 0.1) is 0 Å². The van der Waals surface area contributed by atoms with E-state index in [1.54, 1.807) is 0 Å². The molecule has 1 rings (SSSR count). The van der Waals surface area contributed by atoms with E-state index in [9.17, 15) is 13.2 Å². The second-order valence-corrected chi connectivity index (χ2v) is 2.66. The van der Waals surface area contributed by atoms with Gasteiger partial charge in [-0.1, -0.05) is 0 Å². The Hall–Kier alpha value is -0.555. The van der Waals surface area contributed by atoms with Crippen molar-refractivity contribution in [3.8, 4) is 0 Å². The van der Waals surface area contributed by atoms with Gasteiger partial charge in [-0.3, -0.25) is 0 Å². The van der Waals surface area contributed by atoms with Crippen LogP contribution in [0.4, 0.5) is 13.2 Å². The average molecular weight is 194 g/mol.